The summed E-state index contributed by atoms with van der Waals surface area (Å²) in [5.74, 6) is 2.80. The third kappa shape index (κ3) is 4.27. The van der Waals surface area contributed by atoms with E-state index in [9.17, 15) is 4.79 Å². The smallest absolute Gasteiger partial charge is 0.267 e. The second kappa shape index (κ2) is 8.96. The van der Waals surface area contributed by atoms with E-state index in [-0.39, 0.29) is 11.9 Å². The molecule has 4 heteroatoms. The van der Waals surface area contributed by atoms with Gasteiger partial charge in [0.05, 0.1) is 6.04 Å². The Bertz CT molecular complexity index is 806. The highest BCUT2D eigenvalue weighted by Crippen LogP contribution is 2.60. The molecule has 3 saturated carbocycles. The van der Waals surface area contributed by atoms with Crippen LogP contribution in [0.15, 0.2) is 35.4 Å². The lowest BCUT2D eigenvalue weighted by Crippen LogP contribution is -2.42. The average Bonchev–Trinajstić information content (AvgIpc) is 3.28. The predicted octanol–water partition coefficient (Wildman–Crippen LogP) is 5.70. The second-order valence-corrected chi connectivity index (χ2v) is 10.8. The van der Waals surface area contributed by atoms with Crippen LogP contribution in [0.2, 0.25) is 0 Å². The van der Waals surface area contributed by atoms with Crippen molar-refractivity contribution in [3.05, 3.63) is 35.9 Å². The third-order valence-electron chi connectivity index (χ3n) is 8.78. The van der Waals surface area contributed by atoms with Crippen molar-refractivity contribution in [3.8, 4) is 0 Å². The number of nitrogens with one attached hydrogen (secondary N) is 1. The molecule has 1 N–H and O–H groups in total. The number of nitrogens with zero attached hydrogens (tertiary/aromatic N) is 2. The Labute approximate surface area is 187 Å². The van der Waals surface area contributed by atoms with Gasteiger partial charge in [0.2, 0.25) is 0 Å². The van der Waals surface area contributed by atoms with Gasteiger partial charge in [0.25, 0.3) is 5.91 Å². The van der Waals surface area contributed by atoms with E-state index in [0.717, 1.165) is 49.4 Å². The monoisotopic (exact) mass is 421 g/mol. The molecule has 5 atom stereocenters. The summed E-state index contributed by atoms with van der Waals surface area (Å²) in [4.78, 5) is 13.2. The van der Waals surface area contributed by atoms with E-state index >= 15 is 0 Å². The average molecular weight is 422 g/mol. The van der Waals surface area contributed by atoms with Crippen LogP contribution >= 0.6 is 0 Å². The van der Waals surface area contributed by atoms with Crippen LogP contribution in [0.3, 0.4) is 0 Å². The van der Waals surface area contributed by atoms with Gasteiger partial charge in [0, 0.05) is 19.5 Å². The molecule has 3 bridgehead atoms. The zero-order valence-corrected chi connectivity index (χ0v) is 19.2. The quantitative estimate of drug-likeness (QED) is 0.547. The van der Waals surface area contributed by atoms with Crippen LogP contribution in [0.25, 0.3) is 0 Å². The highest BCUT2D eigenvalue weighted by Gasteiger charge is 2.52. The number of hydrogen-bond donors (Lipinski definition) is 1. The van der Waals surface area contributed by atoms with Crippen molar-refractivity contribution < 1.29 is 4.79 Å². The van der Waals surface area contributed by atoms with Crippen molar-refractivity contribution >= 4 is 11.6 Å². The van der Waals surface area contributed by atoms with E-state index in [1.165, 1.54) is 63.4 Å². The molecule has 0 aromatic heterocycles. The van der Waals surface area contributed by atoms with Crippen LogP contribution in [0, 0.1) is 23.2 Å². The van der Waals surface area contributed by atoms with Gasteiger partial charge in [-0.1, -0.05) is 62.9 Å². The van der Waals surface area contributed by atoms with Crippen LogP contribution in [0.5, 0.6) is 0 Å². The summed E-state index contributed by atoms with van der Waals surface area (Å²) < 4.78 is 0. The Balaban J connectivity index is 1.25. The van der Waals surface area contributed by atoms with Gasteiger partial charge in [0.15, 0.2) is 0 Å². The molecule has 4 aliphatic rings. The largest absolute Gasteiger partial charge is 0.350 e. The van der Waals surface area contributed by atoms with E-state index < -0.39 is 0 Å². The Hall–Kier alpha value is -1.84. The van der Waals surface area contributed by atoms with Crippen molar-refractivity contribution in [2.24, 2.45) is 28.3 Å². The minimum atomic E-state index is 0.0792. The first-order valence-electron chi connectivity index (χ1n) is 12.8. The fourth-order valence-corrected chi connectivity index (χ4v) is 7.31. The molecule has 0 spiro atoms. The maximum atomic E-state index is 13.2. The molecular weight excluding hydrogens is 382 g/mol. The maximum absolute atomic E-state index is 13.2. The lowest BCUT2D eigenvalue weighted by Gasteiger charge is -2.34. The summed E-state index contributed by atoms with van der Waals surface area (Å²) in [7, 11) is 0. The Morgan fingerprint density at radius 3 is 2.84 bits per heavy atom. The summed E-state index contributed by atoms with van der Waals surface area (Å²) in [6, 6.07) is 10.8. The van der Waals surface area contributed by atoms with Crippen LogP contribution in [-0.4, -0.2) is 29.7 Å². The number of fused-ring (bicyclic) bond motifs is 2. The summed E-state index contributed by atoms with van der Waals surface area (Å²) >= 11 is 0. The van der Waals surface area contributed by atoms with Gasteiger partial charge in [0.1, 0.15) is 5.71 Å². The van der Waals surface area contributed by atoms with E-state index in [2.05, 4.69) is 47.6 Å². The van der Waals surface area contributed by atoms with Gasteiger partial charge in [-0.3, -0.25) is 9.80 Å². The number of carbonyl (C=O) groups excluding carboxylic acids is 1. The second-order valence-electron chi connectivity index (χ2n) is 10.8. The maximum Gasteiger partial charge on any atom is 0.267 e. The first-order chi connectivity index (χ1) is 15.2. The lowest BCUT2D eigenvalue weighted by molar-refractivity contribution is -0.115. The molecule has 1 heterocycles. The third-order valence-corrected chi connectivity index (χ3v) is 8.78. The first-order valence-corrected chi connectivity index (χ1v) is 12.8. The summed E-state index contributed by atoms with van der Waals surface area (Å²) in [6.07, 6.45) is 14.0. The van der Waals surface area contributed by atoms with Crippen LogP contribution in [-0.2, 0) is 4.79 Å². The topological polar surface area (TPSA) is 44.7 Å². The predicted molar refractivity (Wildman–Crippen MR) is 126 cm³/mol. The van der Waals surface area contributed by atoms with Gasteiger partial charge < -0.3 is 5.32 Å². The summed E-state index contributed by atoms with van der Waals surface area (Å²) in [5, 5.41) is 10.4. The van der Waals surface area contributed by atoms with Gasteiger partial charge in [-0.2, -0.15) is 5.10 Å². The Morgan fingerprint density at radius 2 is 2.00 bits per heavy atom. The molecule has 3 fully saturated rings. The standard InChI is InChI=1S/C27H39N3O/c1-2-3-7-13-30-25(22-10-5-4-6-11-22)17-24(29-30)26(31)28-19-27-12-8-9-20-14-21(18-27)16-23(27)15-20/h4-6,10-11,20-21,23,25H,2-3,7-9,12-19H2,1H3,(H,28,31)/t20?,21?,23?,25?,27-/m0/s1. The zero-order valence-electron chi connectivity index (χ0n) is 19.2. The highest BCUT2D eigenvalue weighted by atomic mass is 16.2. The van der Waals surface area contributed by atoms with Gasteiger partial charge in [-0.05, 0) is 67.3 Å². The number of unbranched alkanes of at least 4 members (excludes halogenated alkanes) is 2. The molecule has 1 amide bonds. The molecule has 0 radical (unpaired) electrons. The molecule has 168 valence electrons. The van der Waals surface area contributed by atoms with Crippen molar-refractivity contribution in [2.45, 2.75) is 83.6 Å². The summed E-state index contributed by atoms with van der Waals surface area (Å²) in [5.41, 5.74) is 2.36. The summed E-state index contributed by atoms with van der Waals surface area (Å²) in [6.45, 7) is 4.03. The Morgan fingerprint density at radius 1 is 1.16 bits per heavy atom. The molecule has 1 aromatic rings. The molecular formula is C27H39N3O. The molecule has 0 saturated heterocycles. The molecule has 4 nitrogen and oxygen atoms in total. The van der Waals surface area contributed by atoms with Crippen LogP contribution < -0.4 is 5.32 Å². The molecule has 31 heavy (non-hydrogen) atoms. The normalized spacial score (nSPS) is 34.0. The minimum Gasteiger partial charge on any atom is -0.350 e. The SMILES string of the molecule is CCCCCN1N=C(C(=O)NC[C@@]23CCCC4CC(CC2C4)C3)CC1c1ccccc1. The molecule has 5 rings (SSSR count). The van der Waals surface area contributed by atoms with Crippen molar-refractivity contribution in [1.82, 2.24) is 10.3 Å². The number of benzene rings is 1. The highest BCUT2D eigenvalue weighted by molar-refractivity contribution is 6.39. The molecule has 1 aromatic carbocycles. The number of amides is 1. The van der Waals surface area contributed by atoms with Gasteiger partial charge >= 0.3 is 0 Å². The fourth-order valence-electron chi connectivity index (χ4n) is 7.31. The van der Waals surface area contributed by atoms with Gasteiger partial charge in [-0.15, -0.1) is 0 Å². The van der Waals surface area contributed by atoms with E-state index in [4.69, 9.17) is 5.10 Å². The number of carbonyl (C=O) groups is 1. The lowest BCUT2D eigenvalue weighted by atomic mass is 9.74. The van der Waals surface area contributed by atoms with Crippen LogP contribution in [0.4, 0.5) is 0 Å². The number of rotatable bonds is 8. The molecule has 1 aliphatic heterocycles. The Kier molecular flexibility index (Phi) is 6.08. The number of hydrogen-bond acceptors (Lipinski definition) is 3. The van der Waals surface area contributed by atoms with Crippen LogP contribution in [0.1, 0.15) is 89.2 Å². The first kappa shape index (κ1) is 21.0. The van der Waals surface area contributed by atoms with E-state index in [0.29, 0.717) is 5.41 Å². The zero-order chi connectivity index (χ0) is 21.3. The minimum absolute atomic E-state index is 0.0792. The molecule has 3 aliphatic carbocycles. The van der Waals surface area contributed by atoms with Gasteiger partial charge in [-0.25, -0.2) is 0 Å². The van der Waals surface area contributed by atoms with Crippen molar-refractivity contribution in [1.29, 1.82) is 0 Å². The van der Waals surface area contributed by atoms with Crippen molar-refractivity contribution in [3.63, 3.8) is 0 Å². The molecule has 4 unspecified atom stereocenters. The fraction of sp³-hybridized carbons (Fsp3) is 0.704. The van der Waals surface area contributed by atoms with E-state index in [1.807, 2.05) is 0 Å². The number of hydrazone groups is 1. The van der Waals surface area contributed by atoms with Crippen molar-refractivity contribution in [2.75, 3.05) is 13.1 Å². The van der Waals surface area contributed by atoms with E-state index in [1.54, 1.807) is 0 Å².